The normalized spacial score (nSPS) is 13.6. The molecule has 28 heavy (non-hydrogen) atoms. The van der Waals surface area contributed by atoms with Crippen molar-refractivity contribution in [1.82, 2.24) is 35.1 Å². The number of aromatic amines is 1. The van der Waals surface area contributed by atoms with Gasteiger partial charge in [-0.3, -0.25) is 4.98 Å². The lowest BCUT2D eigenvalue weighted by atomic mass is 10.3. The van der Waals surface area contributed by atoms with Gasteiger partial charge in [0, 0.05) is 45.1 Å². The van der Waals surface area contributed by atoms with E-state index in [1.807, 2.05) is 18.3 Å². The number of imidazole rings is 1. The van der Waals surface area contributed by atoms with Crippen LogP contribution in [0.5, 0.6) is 0 Å². The van der Waals surface area contributed by atoms with Gasteiger partial charge in [-0.05, 0) is 23.8 Å². The molecular weight excluding hydrogens is 421 g/mol. The Labute approximate surface area is 180 Å². The van der Waals surface area contributed by atoms with Gasteiger partial charge in [-0.2, -0.15) is 9.97 Å². The van der Waals surface area contributed by atoms with Crippen molar-refractivity contribution in [2.45, 2.75) is 6.54 Å². The molecule has 1 aliphatic rings. The van der Waals surface area contributed by atoms with Gasteiger partial charge in [-0.1, -0.05) is 6.07 Å². The summed E-state index contributed by atoms with van der Waals surface area (Å²) in [5.41, 5.74) is 8.31. The van der Waals surface area contributed by atoms with Gasteiger partial charge in [0.2, 0.25) is 5.95 Å². The summed E-state index contributed by atoms with van der Waals surface area (Å²) < 4.78 is 0. The predicted octanol–water partition coefficient (Wildman–Crippen LogP) is 1.37. The van der Waals surface area contributed by atoms with Crippen molar-refractivity contribution >= 4 is 65.1 Å². The van der Waals surface area contributed by atoms with Gasteiger partial charge in [0.25, 0.3) is 0 Å². The van der Waals surface area contributed by atoms with Crippen molar-refractivity contribution in [3.63, 3.8) is 0 Å². The number of hydrogen-bond donors (Lipinski definition) is 3. The molecule has 4 N–H and O–H groups in total. The molecule has 0 aliphatic carbocycles. The summed E-state index contributed by atoms with van der Waals surface area (Å²) in [6, 6.07) is 3.94. The number of halogens is 2. The highest BCUT2D eigenvalue weighted by Gasteiger charge is 2.22. The van der Waals surface area contributed by atoms with E-state index in [9.17, 15) is 0 Å². The van der Waals surface area contributed by atoms with E-state index in [1.165, 1.54) is 0 Å². The number of nitrogen functional groups attached to an aromatic ring is 1. The summed E-state index contributed by atoms with van der Waals surface area (Å²) in [6.45, 7) is 3.86. The number of fused-ring (bicyclic) bond motifs is 1. The fraction of sp³-hybridized carbons (Fsp3) is 0.312. The van der Waals surface area contributed by atoms with Gasteiger partial charge in [0.1, 0.15) is 5.52 Å². The first kappa shape index (κ1) is 21.9. The standard InChI is InChI=1S/C16H19N9S.2ClH/c17-15-22-13-12(20-10-21-13)14(23-15)24-4-6-25(7-5-24)16(26)19-9-11-2-1-3-18-8-11;;/h1-3,8,10H,4-7,9H2,(H,19,26)(H3,17,20,21,22,23);2*1H. The van der Waals surface area contributed by atoms with Crippen LogP contribution in [0.2, 0.25) is 0 Å². The van der Waals surface area contributed by atoms with Crippen LogP contribution in [0.25, 0.3) is 11.2 Å². The van der Waals surface area contributed by atoms with Crippen LogP contribution in [-0.4, -0.2) is 61.1 Å². The topological polar surface area (TPSA) is 112 Å². The van der Waals surface area contributed by atoms with Crippen LogP contribution < -0.4 is 16.0 Å². The second-order valence-electron chi connectivity index (χ2n) is 6.00. The molecule has 0 atom stereocenters. The lowest BCUT2D eigenvalue weighted by Gasteiger charge is -2.36. The number of nitrogens with zero attached hydrogens (tertiary/aromatic N) is 6. The van der Waals surface area contributed by atoms with E-state index in [0.717, 1.165) is 48.2 Å². The predicted molar refractivity (Wildman–Crippen MR) is 118 cm³/mol. The molecule has 150 valence electrons. The highest BCUT2D eigenvalue weighted by Crippen LogP contribution is 2.22. The molecule has 4 rings (SSSR count). The number of rotatable bonds is 3. The maximum atomic E-state index is 5.81. The Hall–Kier alpha value is -2.43. The number of anilines is 2. The summed E-state index contributed by atoms with van der Waals surface area (Å²) in [5.74, 6) is 1.02. The Morgan fingerprint density at radius 1 is 1.21 bits per heavy atom. The minimum absolute atomic E-state index is 0. The van der Waals surface area contributed by atoms with Gasteiger partial charge in [-0.25, -0.2) is 4.98 Å². The zero-order valence-electron chi connectivity index (χ0n) is 14.9. The number of pyridine rings is 1. The first-order chi connectivity index (χ1) is 12.7. The summed E-state index contributed by atoms with van der Waals surface area (Å²) >= 11 is 5.53. The molecular formula is C16H21Cl2N9S. The SMILES string of the molecule is Cl.Cl.Nc1nc(N2CCN(C(=S)NCc3cccnc3)CC2)c2[nH]cnc2n1. The molecule has 0 saturated carbocycles. The third-order valence-corrected chi connectivity index (χ3v) is 4.72. The molecule has 12 heteroatoms. The Balaban J connectivity index is 0.00000140. The zero-order valence-corrected chi connectivity index (χ0v) is 17.4. The quantitative estimate of drug-likeness (QED) is 0.518. The lowest BCUT2D eigenvalue weighted by Crippen LogP contribution is -2.51. The molecule has 1 saturated heterocycles. The summed E-state index contributed by atoms with van der Waals surface area (Å²) in [6.07, 6.45) is 5.20. The van der Waals surface area contributed by atoms with E-state index in [1.54, 1.807) is 12.5 Å². The fourth-order valence-corrected chi connectivity index (χ4v) is 3.23. The van der Waals surface area contributed by atoms with Gasteiger partial charge in [-0.15, -0.1) is 24.8 Å². The lowest BCUT2D eigenvalue weighted by molar-refractivity contribution is 0.379. The number of H-pyrrole nitrogens is 1. The average molecular weight is 442 g/mol. The summed E-state index contributed by atoms with van der Waals surface area (Å²) in [5, 5.41) is 4.05. The van der Waals surface area contributed by atoms with Gasteiger partial charge >= 0.3 is 0 Å². The Bertz CT molecular complexity index is 913. The molecule has 0 unspecified atom stereocenters. The molecule has 1 fully saturated rings. The Kier molecular flexibility index (Phi) is 7.55. The monoisotopic (exact) mass is 441 g/mol. The molecule has 9 nitrogen and oxygen atoms in total. The Morgan fingerprint density at radius 2 is 2.00 bits per heavy atom. The van der Waals surface area contributed by atoms with Crippen LogP contribution in [0.1, 0.15) is 5.56 Å². The molecule has 3 aromatic rings. The molecule has 3 aromatic heterocycles. The highest BCUT2D eigenvalue weighted by atomic mass is 35.5. The molecule has 0 bridgehead atoms. The molecule has 0 amide bonds. The van der Waals surface area contributed by atoms with E-state index in [0.29, 0.717) is 12.2 Å². The van der Waals surface area contributed by atoms with Crippen LogP contribution in [0.4, 0.5) is 11.8 Å². The van der Waals surface area contributed by atoms with Crippen LogP contribution in [0, 0.1) is 0 Å². The van der Waals surface area contributed by atoms with Gasteiger partial charge < -0.3 is 25.8 Å². The molecule has 0 aromatic carbocycles. The van der Waals surface area contributed by atoms with Crippen molar-refractivity contribution in [2.75, 3.05) is 36.8 Å². The highest BCUT2D eigenvalue weighted by molar-refractivity contribution is 7.80. The maximum absolute atomic E-state index is 5.81. The second kappa shape index (κ2) is 9.67. The van der Waals surface area contributed by atoms with Crippen molar-refractivity contribution in [3.05, 3.63) is 36.4 Å². The molecule has 0 spiro atoms. The van der Waals surface area contributed by atoms with Crippen molar-refractivity contribution in [1.29, 1.82) is 0 Å². The number of nitrogens with one attached hydrogen (secondary N) is 2. The molecule has 4 heterocycles. The van der Waals surface area contributed by atoms with Crippen molar-refractivity contribution in [2.24, 2.45) is 0 Å². The summed E-state index contributed by atoms with van der Waals surface area (Å²) in [4.78, 5) is 24.3. The second-order valence-corrected chi connectivity index (χ2v) is 6.39. The first-order valence-corrected chi connectivity index (χ1v) is 8.75. The van der Waals surface area contributed by atoms with Crippen LogP contribution >= 0.6 is 37.0 Å². The smallest absolute Gasteiger partial charge is 0.224 e. The van der Waals surface area contributed by atoms with Crippen molar-refractivity contribution in [3.8, 4) is 0 Å². The minimum atomic E-state index is 0. The van der Waals surface area contributed by atoms with E-state index in [2.05, 4.69) is 40.0 Å². The van der Waals surface area contributed by atoms with E-state index in [4.69, 9.17) is 18.0 Å². The maximum Gasteiger partial charge on any atom is 0.224 e. The molecule has 1 aliphatic heterocycles. The zero-order chi connectivity index (χ0) is 17.9. The Morgan fingerprint density at radius 3 is 2.71 bits per heavy atom. The van der Waals surface area contributed by atoms with Crippen LogP contribution in [0.15, 0.2) is 30.9 Å². The third-order valence-electron chi connectivity index (χ3n) is 4.32. The number of aromatic nitrogens is 5. The van der Waals surface area contributed by atoms with Gasteiger partial charge in [0.15, 0.2) is 16.6 Å². The fourth-order valence-electron chi connectivity index (χ4n) is 2.98. The summed E-state index contributed by atoms with van der Waals surface area (Å²) in [7, 11) is 0. The largest absolute Gasteiger partial charge is 0.368 e. The minimum Gasteiger partial charge on any atom is -0.368 e. The van der Waals surface area contributed by atoms with E-state index in [-0.39, 0.29) is 30.8 Å². The number of nitrogens with two attached hydrogens (primary N) is 1. The van der Waals surface area contributed by atoms with E-state index >= 15 is 0 Å². The third kappa shape index (κ3) is 4.70. The molecule has 0 radical (unpaired) electrons. The van der Waals surface area contributed by atoms with E-state index < -0.39 is 0 Å². The number of piperazine rings is 1. The number of thiocarbonyl (C=S) groups is 1. The van der Waals surface area contributed by atoms with Crippen LogP contribution in [-0.2, 0) is 6.54 Å². The van der Waals surface area contributed by atoms with Crippen LogP contribution in [0.3, 0.4) is 0 Å². The first-order valence-electron chi connectivity index (χ1n) is 8.34. The average Bonchev–Trinajstić information content (AvgIpc) is 3.15. The van der Waals surface area contributed by atoms with Crippen molar-refractivity contribution < 1.29 is 0 Å². The van der Waals surface area contributed by atoms with Gasteiger partial charge in [0.05, 0.1) is 6.33 Å². The number of hydrogen-bond acceptors (Lipinski definition) is 7.